The Hall–Kier alpha value is -2.42. The molecule has 2 N–H and O–H groups in total. The van der Waals surface area contributed by atoms with E-state index < -0.39 is 6.23 Å². The Balaban J connectivity index is 1.66. The van der Waals surface area contributed by atoms with Crippen molar-refractivity contribution in [3.05, 3.63) is 108 Å². The van der Waals surface area contributed by atoms with E-state index in [1.807, 2.05) is 0 Å². The highest BCUT2D eigenvalue weighted by molar-refractivity contribution is 5.43. The first-order chi connectivity index (χ1) is 13.8. The molecule has 4 atom stereocenters. The molecule has 1 saturated carbocycles. The number of hydrogen-bond donors (Lipinski definition) is 2. The molecule has 5 rings (SSSR count). The van der Waals surface area contributed by atoms with E-state index in [9.17, 15) is 5.11 Å². The van der Waals surface area contributed by atoms with Gasteiger partial charge in [0.25, 0.3) is 0 Å². The van der Waals surface area contributed by atoms with E-state index in [2.05, 4.69) is 96.3 Å². The van der Waals surface area contributed by atoms with Gasteiger partial charge in [-0.05, 0) is 41.4 Å². The number of aliphatic hydroxyl groups excluding tert-OH is 1. The average molecular weight is 370 g/mol. The molecule has 2 fully saturated rings. The van der Waals surface area contributed by atoms with Crippen molar-refractivity contribution in [3.8, 4) is 0 Å². The Morgan fingerprint density at radius 3 is 1.86 bits per heavy atom. The van der Waals surface area contributed by atoms with Crippen molar-refractivity contribution in [2.75, 3.05) is 6.54 Å². The number of rotatable bonds is 3. The summed E-state index contributed by atoms with van der Waals surface area (Å²) in [6.45, 7) is 0.868. The first-order valence-electron chi connectivity index (χ1n) is 10.4. The normalized spacial score (nSPS) is 28.6. The van der Waals surface area contributed by atoms with E-state index in [-0.39, 0.29) is 11.3 Å². The maximum Gasteiger partial charge on any atom is 0.109 e. The lowest BCUT2D eigenvalue weighted by atomic mass is 9.53. The van der Waals surface area contributed by atoms with Gasteiger partial charge < -0.3 is 5.11 Å². The second-order valence-corrected chi connectivity index (χ2v) is 8.30. The molecule has 0 spiro atoms. The molecule has 3 aromatic rings. The molecule has 0 aromatic heterocycles. The van der Waals surface area contributed by atoms with Crippen molar-refractivity contribution < 1.29 is 5.11 Å². The SMILES string of the molecule is OC1NC[C@H]2[C@@H](c3ccccc3)CCC(c3ccccc3)(c3ccccc3)[C@@H]12. The molecule has 1 aliphatic carbocycles. The summed E-state index contributed by atoms with van der Waals surface area (Å²) in [5, 5.41) is 14.5. The van der Waals surface area contributed by atoms with Crippen molar-refractivity contribution >= 4 is 0 Å². The van der Waals surface area contributed by atoms with Gasteiger partial charge in [0.1, 0.15) is 6.23 Å². The molecule has 3 aromatic carbocycles. The number of nitrogens with one attached hydrogen (secondary N) is 1. The summed E-state index contributed by atoms with van der Waals surface area (Å²) in [7, 11) is 0. The van der Waals surface area contributed by atoms with E-state index in [1.54, 1.807) is 0 Å². The van der Waals surface area contributed by atoms with Crippen LogP contribution in [0.1, 0.15) is 35.4 Å². The lowest BCUT2D eigenvalue weighted by Crippen LogP contribution is -2.49. The monoisotopic (exact) mass is 369 g/mol. The zero-order chi connectivity index (χ0) is 19.0. The Morgan fingerprint density at radius 2 is 1.29 bits per heavy atom. The summed E-state index contributed by atoms with van der Waals surface area (Å²) in [6.07, 6.45) is 1.68. The van der Waals surface area contributed by atoms with Crippen LogP contribution in [0.25, 0.3) is 0 Å². The van der Waals surface area contributed by atoms with Crippen LogP contribution in [0.15, 0.2) is 91.0 Å². The van der Waals surface area contributed by atoms with Gasteiger partial charge in [-0.3, -0.25) is 5.32 Å². The van der Waals surface area contributed by atoms with Gasteiger partial charge in [0.15, 0.2) is 0 Å². The summed E-state index contributed by atoms with van der Waals surface area (Å²) in [4.78, 5) is 0. The van der Waals surface area contributed by atoms with E-state index in [4.69, 9.17) is 0 Å². The number of fused-ring (bicyclic) bond motifs is 1. The maximum absolute atomic E-state index is 11.1. The predicted molar refractivity (Wildman–Crippen MR) is 113 cm³/mol. The quantitative estimate of drug-likeness (QED) is 0.701. The van der Waals surface area contributed by atoms with Crippen LogP contribution in [0.2, 0.25) is 0 Å². The largest absolute Gasteiger partial charge is 0.378 e. The standard InChI is InChI=1S/C26H27NO/c28-25-24-23(18-27-25)22(19-10-4-1-5-11-19)16-17-26(24,20-12-6-2-7-13-20)21-14-8-3-9-15-21/h1-15,22-25,27-28H,16-18H2/t22-,23+,24-,25?/m1/s1. The molecule has 1 unspecified atom stereocenters. The molecular weight excluding hydrogens is 342 g/mol. The molecule has 0 radical (unpaired) electrons. The molecule has 28 heavy (non-hydrogen) atoms. The highest BCUT2D eigenvalue weighted by atomic mass is 16.3. The maximum atomic E-state index is 11.1. The van der Waals surface area contributed by atoms with Gasteiger partial charge in [-0.15, -0.1) is 0 Å². The Labute approximate surface area is 167 Å². The molecule has 1 heterocycles. The van der Waals surface area contributed by atoms with E-state index >= 15 is 0 Å². The molecular formula is C26H27NO. The summed E-state index contributed by atoms with van der Waals surface area (Å²) in [5.74, 6) is 1.04. The lowest BCUT2D eigenvalue weighted by Gasteiger charge is -2.50. The van der Waals surface area contributed by atoms with Crippen LogP contribution in [0.3, 0.4) is 0 Å². The molecule has 1 aliphatic heterocycles. The summed E-state index contributed by atoms with van der Waals surface area (Å²) in [6, 6.07) is 32.6. The second kappa shape index (κ2) is 7.20. The van der Waals surface area contributed by atoms with Crippen LogP contribution < -0.4 is 5.32 Å². The fraction of sp³-hybridized carbons (Fsp3) is 0.308. The molecule has 1 saturated heterocycles. The van der Waals surface area contributed by atoms with Gasteiger partial charge >= 0.3 is 0 Å². The third kappa shape index (κ3) is 2.71. The zero-order valence-electron chi connectivity index (χ0n) is 16.0. The lowest BCUT2D eigenvalue weighted by molar-refractivity contribution is 0.0319. The molecule has 2 aliphatic rings. The highest BCUT2D eigenvalue weighted by Gasteiger charge is 2.56. The van der Waals surface area contributed by atoms with Crippen LogP contribution in [-0.2, 0) is 5.41 Å². The summed E-state index contributed by atoms with van der Waals surface area (Å²) < 4.78 is 0. The first kappa shape index (κ1) is 17.7. The van der Waals surface area contributed by atoms with Crippen molar-refractivity contribution in [1.29, 1.82) is 0 Å². The van der Waals surface area contributed by atoms with Gasteiger partial charge in [0.2, 0.25) is 0 Å². The van der Waals surface area contributed by atoms with Crippen molar-refractivity contribution in [1.82, 2.24) is 5.32 Å². The predicted octanol–water partition coefficient (Wildman–Crippen LogP) is 4.70. The van der Waals surface area contributed by atoms with E-state index in [0.717, 1.165) is 19.4 Å². The van der Waals surface area contributed by atoms with Crippen molar-refractivity contribution in [3.63, 3.8) is 0 Å². The molecule has 0 bridgehead atoms. The van der Waals surface area contributed by atoms with Crippen LogP contribution in [0.5, 0.6) is 0 Å². The average Bonchev–Trinajstić information content (AvgIpc) is 3.17. The van der Waals surface area contributed by atoms with Gasteiger partial charge in [0, 0.05) is 17.9 Å². The molecule has 2 heteroatoms. The smallest absolute Gasteiger partial charge is 0.109 e. The van der Waals surface area contributed by atoms with E-state index in [1.165, 1.54) is 16.7 Å². The minimum absolute atomic E-state index is 0.149. The topological polar surface area (TPSA) is 32.3 Å². The molecule has 142 valence electrons. The number of aliphatic hydroxyl groups is 1. The van der Waals surface area contributed by atoms with Crippen LogP contribution in [0, 0.1) is 11.8 Å². The third-order valence-corrected chi connectivity index (χ3v) is 7.11. The van der Waals surface area contributed by atoms with Crippen LogP contribution in [-0.4, -0.2) is 17.9 Å². The van der Waals surface area contributed by atoms with Gasteiger partial charge in [-0.1, -0.05) is 91.0 Å². The second-order valence-electron chi connectivity index (χ2n) is 8.30. The Kier molecular flexibility index (Phi) is 4.54. The summed E-state index contributed by atoms with van der Waals surface area (Å²) >= 11 is 0. The number of benzene rings is 3. The first-order valence-corrected chi connectivity index (χ1v) is 10.4. The molecule has 0 amide bonds. The van der Waals surface area contributed by atoms with Gasteiger partial charge in [-0.2, -0.15) is 0 Å². The Bertz CT molecular complexity index is 869. The zero-order valence-corrected chi connectivity index (χ0v) is 16.0. The Morgan fingerprint density at radius 1 is 0.750 bits per heavy atom. The number of hydrogen-bond acceptors (Lipinski definition) is 2. The van der Waals surface area contributed by atoms with Crippen LogP contribution in [0.4, 0.5) is 0 Å². The summed E-state index contributed by atoms with van der Waals surface area (Å²) in [5.41, 5.74) is 3.89. The van der Waals surface area contributed by atoms with Gasteiger partial charge in [0.05, 0.1) is 0 Å². The molecule has 2 nitrogen and oxygen atoms in total. The van der Waals surface area contributed by atoms with Gasteiger partial charge in [-0.25, -0.2) is 0 Å². The highest BCUT2D eigenvalue weighted by Crippen LogP contribution is 2.57. The van der Waals surface area contributed by atoms with Crippen molar-refractivity contribution in [2.45, 2.75) is 30.4 Å². The minimum Gasteiger partial charge on any atom is -0.378 e. The third-order valence-electron chi connectivity index (χ3n) is 7.11. The minimum atomic E-state index is -0.489. The van der Waals surface area contributed by atoms with Crippen molar-refractivity contribution in [2.24, 2.45) is 11.8 Å². The fourth-order valence-corrected chi connectivity index (χ4v) is 5.96. The fourth-order valence-electron chi connectivity index (χ4n) is 5.96. The van der Waals surface area contributed by atoms with E-state index in [0.29, 0.717) is 11.8 Å². The van der Waals surface area contributed by atoms with Crippen LogP contribution >= 0.6 is 0 Å².